The highest BCUT2D eigenvalue weighted by Gasteiger charge is 2.45. The molecule has 1 unspecified atom stereocenters. The third-order valence-electron chi connectivity index (χ3n) is 6.43. The van der Waals surface area contributed by atoms with Crippen molar-refractivity contribution in [2.24, 2.45) is 0 Å². The summed E-state index contributed by atoms with van der Waals surface area (Å²) in [6.07, 6.45) is 0.877. The number of hydrogen-bond donors (Lipinski definition) is 1. The number of Topliss-reactive ketones (excluding diaryl/α,β-unsaturated/α-hetero) is 1. The van der Waals surface area contributed by atoms with Crippen LogP contribution in [0.4, 0.5) is 0 Å². The summed E-state index contributed by atoms with van der Waals surface area (Å²) in [5, 5.41) is 11.3. The highest BCUT2D eigenvalue weighted by molar-refractivity contribution is 6.46. The predicted octanol–water partition coefficient (Wildman–Crippen LogP) is 5.43. The Morgan fingerprint density at radius 1 is 0.947 bits per heavy atom. The van der Waals surface area contributed by atoms with Crippen LogP contribution in [0.1, 0.15) is 41.6 Å². The maximum atomic E-state index is 13.2. The lowest BCUT2D eigenvalue weighted by Gasteiger charge is -2.25. The first-order valence-corrected chi connectivity index (χ1v) is 12.7. The molecule has 38 heavy (non-hydrogen) atoms. The SMILES string of the molecule is CCCOc1ccc(/C(O)=C2/C(=O)C(=O)N(CCOC)C2c2ccc(OCc3ccccc3)cc2)cc1C. The number of rotatable bonds is 11. The number of carbonyl (C=O) groups excluding carboxylic acids is 2. The van der Waals surface area contributed by atoms with E-state index in [1.807, 2.05) is 56.3 Å². The Balaban J connectivity index is 1.67. The molecule has 0 saturated carbocycles. The van der Waals surface area contributed by atoms with E-state index in [9.17, 15) is 14.7 Å². The van der Waals surface area contributed by atoms with Gasteiger partial charge in [-0.05, 0) is 60.4 Å². The molecule has 3 aromatic rings. The van der Waals surface area contributed by atoms with Crippen LogP contribution in [0.2, 0.25) is 0 Å². The molecule has 1 atom stereocenters. The van der Waals surface area contributed by atoms with E-state index in [0.29, 0.717) is 35.8 Å². The van der Waals surface area contributed by atoms with Gasteiger partial charge in [-0.2, -0.15) is 0 Å². The Kier molecular flexibility index (Phi) is 8.81. The summed E-state index contributed by atoms with van der Waals surface area (Å²) >= 11 is 0. The number of nitrogens with zero attached hydrogens (tertiary/aromatic N) is 1. The predicted molar refractivity (Wildman–Crippen MR) is 145 cm³/mol. The molecule has 1 saturated heterocycles. The lowest BCUT2D eigenvalue weighted by molar-refractivity contribution is -0.140. The molecular formula is C31H33NO6. The van der Waals surface area contributed by atoms with E-state index in [0.717, 1.165) is 17.5 Å². The zero-order valence-electron chi connectivity index (χ0n) is 22.0. The van der Waals surface area contributed by atoms with Crippen molar-refractivity contribution in [3.63, 3.8) is 0 Å². The molecule has 1 aliphatic rings. The van der Waals surface area contributed by atoms with Crippen LogP contribution in [0.3, 0.4) is 0 Å². The Morgan fingerprint density at radius 2 is 1.68 bits per heavy atom. The van der Waals surface area contributed by atoms with Gasteiger partial charge in [0, 0.05) is 19.2 Å². The van der Waals surface area contributed by atoms with Gasteiger partial charge >= 0.3 is 0 Å². The van der Waals surface area contributed by atoms with E-state index >= 15 is 0 Å². The fraction of sp³-hybridized carbons (Fsp3) is 0.290. The molecule has 1 amide bonds. The standard InChI is InChI=1S/C31H33NO6/c1-4-17-37-26-15-12-24(19-21(26)2)29(33)27-28(32(16-18-36-3)31(35)30(27)34)23-10-13-25(14-11-23)38-20-22-8-6-5-7-9-22/h5-15,19,28,33H,4,16-18,20H2,1-3H3/b29-27-. The summed E-state index contributed by atoms with van der Waals surface area (Å²) in [5.41, 5.74) is 3.06. The van der Waals surface area contributed by atoms with Crippen LogP contribution in [0.5, 0.6) is 11.5 Å². The zero-order chi connectivity index (χ0) is 27.1. The summed E-state index contributed by atoms with van der Waals surface area (Å²) in [6, 6.07) is 21.6. The summed E-state index contributed by atoms with van der Waals surface area (Å²) in [5.74, 6) is -0.242. The van der Waals surface area contributed by atoms with Gasteiger partial charge in [0.25, 0.3) is 11.7 Å². The van der Waals surface area contributed by atoms with Crippen molar-refractivity contribution in [2.75, 3.05) is 26.9 Å². The lowest BCUT2D eigenvalue weighted by atomic mass is 9.94. The Morgan fingerprint density at radius 3 is 2.34 bits per heavy atom. The van der Waals surface area contributed by atoms with Crippen molar-refractivity contribution in [3.05, 3.63) is 101 Å². The van der Waals surface area contributed by atoms with E-state index in [1.165, 1.54) is 12.0 Å². The van der Waals surface area contributed by atoms with Crippen molar-refractivity contribution in [1.82, 2.24) is 4.90 Å². The summed E-state index contributed by atoms with van der Waals surface area (Å²) < 4.78 is 16.8. The first-order valence-electron chi connectivity index (χ1n) is 12.7. The fourth-order valence-electron chi connectivity index (χ4n) is 4.46. The second-order valence-electron chi connectivity index (χ2n) is 9.16. The van der Waals surface area contributed by atoms with Crippen molar-refractivity contribution in [3.8, 4) is 11.5 Å². The number of ketones is 1. The van der Waals surface area contributed by atoms with E-state index in [-0.39, 0.29) is 24.5 Å². The van der Waals surface area contributed by atoms with Crippen molar-refractivity contribution >= 4 is 17.4 Å². The fourth-order valence-corrected chi connectivity index (χ4v) is 4.46. The first kappa shape index (κ1) is 26.9. The molecule has 1 N–H and O–H groups in total. The van der Waals surface area contributed by atoms with E-state index in [2.05, 4.69) is 0 Å². The maximum Gasteiger partial charge on any atom is 0.295 e. The number of carbonyl (C=O) groups is 2. The van der Waals surface area contributed by atoms with Crippen LogP contribution in [0.25, 0.3) is 5.76 Å². The average Bonchev–Trinajstić information content (AvgIpc) is 3.19. The highest BCUT2D eigenvalue weighted by atomic mass is 16.5. The van der Waals surface area contributed by atoms with Gasteiger partial charge in [-0.1, -0.05) is 49.4 Å². The van der Waals surface area contributed by atoms with Gasteiger partial charge in [0.15, 0.2) is 0 Å². The largest absolute Gasteiger partial charge is 0.507 e. The van der Waals surface area contributed by atoms with Crippen LogP contribution in [0, 0.1) is 6.92 Å². The topological polar surface area (TPSA) is 85.3 Å². The monoisotopic (exact) mass is 515 g/mol. The highest BCUT2D eigenvalue weighted by Crippen LogP contribution is 2.40. The third kappa shape index (κ3) is 5.89. The number of amides is 1. The molecule has 4 rings (SSSR count). The molecule has 7 heteroatoms. The van der Waals surface area contributed by atoms with Crippen molar-refractivity contribution in [2.45, 2.75) is 32.9 Å². The Hall–Kier alpha value is -4.10. The second-order valence-corrected chi connectivity index (χ2v) is 9.16. The van der Waals surface area contributed by atoms with Gasteiger partial charge in [-0.3, -0.25) is 9.59 Å². The Labute approximate surface area is 223 Å². The van der Waals surface area contributed by atoms with Crippen molar-refractivity contribution in [1.29, 1.82) is 0 Å². The summed E-state index contributed by atoms with van der Waals surface area (Å²) in [4.78, 5) is 27.7. The van der Waals surface area contributed by atoms with Crippen LogP contribution in [-0.4, -0.2) is 48.6 Å². The molecule has 3 aromatic carbocycles. The number of methoxy groups -OCH3 is 1. The molecule has 198 valence electrons. The molecule has 1 heterocycles. The third-order valence-corrected chi connectivity index (χ3v) is 6.43. The number of hydrogen-bond acceptors (Lipinski definition) is 6. The first-order chi connectivity index (χ1) is 18.4. The number of benzene rings is 3. The molecule has 1 fully saturated rings. The van der Waals surface area contributed by atoms with Gasteiger partial charge in [-0.25, -0.2) is 0 Å². The number of aryl methyl sites for hydroxylation is 1. The Bertz CT molecular complexity index is 1300. The molecular weight excluding hydrogens is 482 g/mol. The normalized spacial score (nSPS) is 16.6. The summed E-state index contributed by atoms with van der Waals surface area (Å²) in [7, 11) is 1.54. The zero-order valence-corrected chi connectivity index (χ0v) is 22.0. The van der Waals surface area contributed by atoms with E-state index in [4.69, 9.17) is 14.2 Å². The van der Waals surface area contributed by atoms with Crippen LogP contribution < -0.4 is 9.47 Å². The second kappa shape index (κ2) is 12.4. The van der Waals surface area contributed by atoms with Crippen LogP contribution >= 0.6 is 0 Å². The van der Waals surface area contributed by atoms with E-state index < -0.39 is 17.7 Å². The van der Waals surface area contributed by atoms with Gasteiger partial charge < -0.3 is 24.2 Å². The number of likely N-dealkylation sites (tertiary alicyclic amines) is 1. The smallest absolute Gasteiger partial charge is 0.295 e. The minimum atomic E-state index is -0.760. The lowest BCUT2D eigenvalue weighted by Crippen LogP contribution is -2.32. The number of aliphatic hydroxyl groups excluding tert-OH is 1. The molecule has 1 aliphatic heterocycles. The van der Waals surface area contributed by atoms with Crippen molar-refractivity contribution < 1.29 is 28.9 Å². The average molecular weight is 516 g/mol. The number of ether oxygens (including phenoxy) is 3. The quantitative estimate of drug-likeness (QED) is 0.208. The number of aliphatic hydroxyl groups is 1. The maximum absolute atomic E-state index is 13.2. The van der Waals surface area contributed by atoms with Gasteiger partial charge in [0.1, 0.15) is 23.9 Å². The molecule has 0 spiro atoms. The molecule has 7 nitrogen and oxygen atoms in total. The minimum absolute atomic E-state index is 0.0469. The molecule has 0 radical (unpaired) electrons. The minimum Gasteiger partial charge on any atom is -0.507 e. The molecule has 0 bridgehead atoms. The summed E-state index contributed by atoms with van der Waals surface area (Å²) in [6.45, 7) is 5.37. The van der Waals surface area contributed by atoms with Gasteiger partial charge in [0.2, 0.25) is 0 Å². The van der Waals surface area contributed by atoms with Crippen LogP contribution in [0.15, 0.2) is 78.4 Å². The van der Waals surface area contributed by atoms with Gasteiger partial charge in [0.05, 0.1) is 24.8 Å². The molecule has 0 aromatic heterocycles. The van der Waals surface area contributed by atoms with E-state index in [1.54, 1.807) is 30.3 Å². The molecule has 0 aliphatic carbocycles. The van der Waals surface area contributed by atoms with Crippen LogP contribution in [-0.2, 0) is 20.9 Å². The van der Waals surface area contributed by atoms with Gasteiger partial charge in [-0.15, -0.1) is 0 Å².